The summed E-state index contributed by atoms with van der Waals surface area (Å²) in [5.41, 5.74) is 0. The lowest BCUT2D eigenvalue weighted by atomic mass is 10.0. The molecule has 0 heterocycles. The molecule has 0 radical (unpaired) electrons. The maximum atomic E-state index is 12.2. The van der Waals surface area contributed by atoms with Crippen molar-refractivity contribution in [1.29, 1.82) is 0 Å². The highest BCUT2D eigenvalue weighted by Gasteiger charge is 2.24. The summed E-state index contributed by atoms with van der Waals surface area (Å²) in [6, 6.07) is -1.01. The number of nitrogens with zero attached hydrogens (tertiary/aromatic N) is 1. The standard InChI is InChI=1S/C15H30N2O3/c1-6-7-8-9-17(12(4)5)15(20)16-13(14(18)19)10-11(2)3/h11-13H,6-10H2,1-5H3,(H,16,20)(H,18,19). The monoisotopic (exact) mass is 286 g/mol. The Morgan fingerprint density at radius 2 is 1.75 bits per heavy atom. The van der Waals surface area contributed by atoms with Gasteiger partial charge in [-0.2, -0.15) is 0 Å². The second-order valence-electron chi connectivity index (χ2n) is 5.96. The van der Waals surface area contributed by atoms with Gasteiger partial charge in [0.1, 0.15) is 6.04 Å². The topological polar surface area (TPSA) is 69.6 Å². The van der Waals surface area contributed by atoms with Crippen molar-refractivity contribution in [2.24, 2.45) is 5.92 Å². The van der Waals surface area contributed by atoms with Crippen LogP contribution in [0.1, 0.15) is 60.3 Å². The zero-order valence-electron chi connectivity index (χ0n) is 13.5. The Labute approximate surface area is 122 Å². The highest BCUT2D eigenvalue weighted by atomic mass is 16.4. The zero-order chi connectivity index (χ0) is 15.7. The van der Waals surface area contributed by atoms with Crippen molar-refractivity contribution in [2.75, 3.05) is 6.54 Å². The van der Waals surface area contributed by atoms with Gasteiger partial charge >= 0.3 is 12.0 Å². The van der Waals surface area contributed by atoms with Gasteiger partial charge in [0, 0.05) is 12.6 Å². The predicted molar refractivity (Wildman–Crippen MR) is 80.8 cm³/mol. The second-order valence-corrected chi connectivity index (χ2v) is 5.96. The Bertz CT molecular complexity index is 303. The SMILES string of the molecule is CCCCCN(C(=O)NC(CC(C)C)C(=O)O)C(C)C. The van der Waals surface area contributed by atoms with Gasteiger partial charge in [0.2, 0.25) is 0 Å². The third-order valence-electron chi connectivity index (χ3n) is 3.19. The Hall–Kier alpha value is -1.26. The molecule has 1 atom stereocenters. The van der Waals surface area contributed by atoms with Crippen LogP contribution < -0.4 is 5.32 Å². The molecule has 0 aromatic heterocycles. The molecule has 5 nitrogen and oxygen atoms in total. The van der Waals surface area contributed by atoms with Crippen LogP contribution in [0, 0.1) is 5.92 Å². The first-order chi connectivity index (χ1) is 9.29. The molecule has 0 fully saturated rings. The van der Waals surface area contributed by atoms with Crippen molar-refractivity contribution >= 4 is 12.0 Å². The molecule has 0 rings (SSSR count). The van der Waals surface area contributed by atoms with Crippen molar-refractivity contribution in [3.63, 3.8) is 0 Å². The van der Waals surface area contributed by atoms with Crippen molar-refractivity contribution in [2.45, 2.75) is 72.4 Å². The van der Waals surface area contributed by atoms with Crippen LogP contribution in [0.3, 0.4) is 0 Å². The third-order valence-corrected chi connectivity index (χ3v) is 3.19. The van der Waals surface area contributed by atoms with E-state index in [1.807, 2.05) is 27.7 Å². The van der Waals surface area contributed by atoms with E-state index in [0.29, 0.717) is 13.0 Å². The molecule has 0 saturated carbocycles. The minimum atomic E-state index is -0.968. The van der Waals surface area contributed by atoms with E-state index >= 15 is 0 Å². The highest BCUT2D eigenvalue weighted by Crippen LogP contribution is 2.08. The number of amides is 2. The Kier molecular flexibility index (Phi) is 9.01. The molecule has 0 aliphatic rings. The normalized spacial score (nSPS) is 12.6. The summed E-state index contributed by atoms with van der Waals surface area (Å²) in [7, 11) is 0. The van der Waals surface area contributed by atoms with Crippen LogP contribution in [0.5, 0.6) is 0 Å². The van der Waals surface area contributed by atoms with Crippen LogP contribution in [-0.4, -0.2) is 40.6 Å². The number of urea groups is 1. The molecule has 0 aromatic rings. The molecule has 118 valence electrons. The van der Waals surface area contributed by atoms with Crippen LogP contribution in [0.25, 0.3) is 0 Å². The quantitative estimate of drug-likeness (QED) is 0.640. The van der Waals surface area contributed by atoms with Crippen LogP contribution in [0.15, 0.2) is 0 Å². The third kappa shape index (κ3) is 7.36. The van der Waals surface area contributed by atoms with Crippen molar-refractivity contribution < 1.29 is 14.7 Å². The second kappa shape index (κ2) is 9.61. The number of nitrogens with one attached hydrogen (secondary N) is 1. The molecule has 0 aromatic carbocycles. The highest BCUT2D eigenvalue weighted by molar-refractivity contribution is 5.82. The van der Waals surface area contributed by atoms with E-state index in [1.54, 1.807) is 4.90 Å². The number of carbonyl (C=O) groups is 2. The van der Waals surface area contributed by atoms with Gasteiger partial charge in [-0.15, -0.1) is 0 Å². The van der Waals surface area contributed by atoms with Gasteiger partial charge in [0.05, 0.1) is 0 Å². The molecule has 2 N–H and O–H groups in total. The molecule has 0 spiro atoms. The number of carboxylic acids is 1. The van der Waals surface area contributed by atoms with Gasteiger partial charge in [-0.25, -0.2) is 9.59 Å². The summed E-state index contributed by atoms with van der Waals surface area (Å²) in [5, 5.41) is 11.8. The summed E-state index contributed by atoms with van der Waals surface area (Å²) in [6.07, 6.45) is 3.56. The first kappa shape index (κ1) is 18.7. The van der Waals surface area contributed by atoms with Crippen LogP contribution in [0.2, 0.25) is 0 Å². The van der Waals surface area contributed by atoms with Crippen molar-refractivity contribution in [1.82, 2.24) is 10.2 Å². The lowest BCUT2D eigenvalue weighted by Gasteiger charge is -2.29. The molecule has 1 unspecified atom stereocenters. The minimum Gasteiger partial charge on any atom is -0.480 e. The van der Waals surface area contributed by atoms with E-state index in [0.717, 1.165) is 19.3 Å². The zero-order valence-corrected chi connectivity index (χ0v) is 13.5. The summed E-state index contributed by atoms with van der Waals surface area (Å²) in [5.74, 6) is -0.742. The number of hydrogen-bond donors (Lipinski definition) is 2. The molecule has 2 amide bonds. The molecule has 0 saturated heterocycles. The van der Waals surface area contributed by atoms with E-state index in [4.69, 9.17) is 0 Å². The lowest BCUT2D eigenvalue weighted by molar-refractivity contribution is -0.139. The summed E-state index contributed by atoms with van der Waals surface area (Å²) < 4.78 is 0. The number of rotatable bonds is 9. The minimum absolute atomic E-state index is 0.0698. The van der Waals surface area contributed by atoms with Gasteiger partial charge in [-0.3, -0.25) is 0 Å². The molecular weight excluding hydrogens is 256 g/mol. The largest absolute Gasteiger partial charge is 0.480 e. The summed E-state index contributed by atoms with van der Waals surface area (Å²) in [6.45, 7) is 10.6. The molecule has 0 aliphatic heterocycles. The van der Waals surface area contributed by atoms with Gasteiger partial charge < -0.3 is 15.3 Å². The first-order valence-corrected chi connectivity index (χ1v) is 7.59. The van der Waals surface area contributed by atoms with E-state index < -0.39 is 12.0 Å². The Morgan fingerprint density at radius 1 is 1.15 bits per heavy atom. The van der Waals surface area contributed by atoms with E-state index in [-0.39, 0.29) is 18.0 Å². The summed E-state index contributed by atoms with van der Waals surface area (Å²) >= 11 is 0. The average molecular weight is 286 g/mol. The maximum Gasteiger partial charge on any atom is 0.326 e. The van der Waals surface area contributed by atoms with E-state index in [9.17, 15) is 14.7 Å². The number of aliphatic carboxylic acids is 1. The van der Waals surface area contributed by atoms with Gasteiger partial charge in [0.25, 0.3) is 0 Å². The van der Waals surface area contributed by atoms with Gasteiger partial charge in [-0.05, 0) is 32.6 Å². The van der Waals surface area contributed by atoms with E-state index in [1.165, 1.54) is 0 Å². The van der Waals surface area contributed by atoms with Crippen LogP contribution >= 0.6 is 0 Å². The van der Waals surface area contributed by atoms with Crippen molar-refractivity contribution in [3.05, 3.63) is 0 Å². The molecule has 5 heteroatoms. The van der Waals surface area contributed by atoms with Crippen LogP contribution in [-0.2, 0) is 4.79 Å². The Balaban J connectivity index is 4.58. The number of hydrogen-bond acceptors (Lipinski definition) is 2. The smallest absolute Gasteiger partial charge is 0.326 e. The maximum absolute atomic E-state index is 12.2. The van der Waals surface area contributed by atoms with E-state index in [2.05, 4.69) is 12.2 Å². The van der Waals surface area contributed by atoms with Gasteiger partial charge in [-0.1, -0.05) is 33.6 Å². The summed E-state index contributed by atoms with van der Waals surface area (Å²) in [4.78, 5) is 25.1. The molecule has 0 aliphatic carbocycles. The molecule has 0 bridgehead atoms. The first-order valence-electron chi connectivity index (χ1n) is 7.59. The van der Waals surface area contributed by atoms with Crippen molar-refractivity contribution in [3.8, 4) is 0 Å². The van der Waals surface area contributed by atoms with Gasteiger partial charge in [0.15, 0.2) is 0 Å². The fourth-order valence-corrected chi connectivity index (χ4v) is 2.05. The Morgan fingerprint density at radius 3 is 2.15 bits per heavy atom. The molecular formula is C15H30N2O3. The fourth-order valence-electron chi connectivity index (χ4n) is 2.05. The number of carbonyl (C=O) groups excluding carboxylic acids is 1. The number of unbranched alkanes of at least 4 members (excludes halogenated alkanes) is 2. The predicted octanol–water partition coefficient (Wildman–Crippen LogP) is 3.10. The molecule has 20 heavy (non-hydrogen) atoms. The fraction of sp³-hybridized carbons (Fsp3) is 0.867. The number of carboxylic acid groups (broad SMARTS) is 1. The lowest BCUT2D eigenvalue weighted by Crippen LogP contribution is -2.50. The average Bonchev–Trinajstić information content (AvgIpc) is 2.32. The van der Waals surface area contributed by atoms with Crippen LogP contribution in [0.4, 0.5) is 4.79 Å².